The molecule has 1 heterocycles. The van der Waals surface area contributed by atoms with Crippen molar-refractivity contribution in [2.24, 2.45) is 5.92 Å². The first-order valence-corrected chi connectivity index (χ1v) is 6.77. The number of hydrogen-bond donors (Lipinski definition) is 1. The number of nitrogens with zero attached hydrogens (tertiary/aromatic N) is 1. The average Bonchev–Trinajstić information content (AvgIpc) is 2.90. The van der Waals surface area contributed by atoms with Gasteiger partial charge in [0.15, 0.2) is 0 Å². The van der Waals surface area contributed by atoms with Crippen LogP contribution in [0.2, 0.25) is 0 Å². The largest absolute Gasteiger partial charge is 0.493 e. The van der Waals surface area contributed by atoms with Gasteiger partial charge in [-0.25, -0.2) is 0 Å². The predicted molar refractivity (Wildman–Crippen MR) is 73.1 cm³/mol. The Bertz CT molecular complexity index is 433. The van der Waals surface area contributed by atoms with Crippen LogP contribution in [0.15, 0.2) is 24.3 Å². The van der Waals surface area contributed by atoms with Crippen LogP contribution >= 0.6 is 0 Å². The predicted octanol–water partition coefficient (Wildman–Crippen LogP) is 1.60. The van der Waals surface area contributed by atoms with Crippen molar-refractivity contribution in [3.8, 4) is 5.75 Å². The van der Waals surface area contributed by atoms with Crippen LogP contribution in [-0.2, 0) is 4.79 Å². The molecule has 0 spiro atoms. The van der Waals surface area contributed by atoms with Gasteiger partial charge in [-0.3, -0.25) is 4.79 Å². The van der Waals surface area contributed by atoms with Crippen molar-refractivity contribution in [3.05, 3.63) is 29.8 Å². The highest BCUT2D eigenvalue weighted by atomic mass is 16.5. The number of hydrogen-bond acceptors (Lipinski definition) is 3. The fourth-order valence-corrected chi connectivity index (χ4v) is 2.33. The number of aliphatic hydroxyl groups is 1. The van der Waals surface area contributed by atoms with Gasteiger partial charge in [0.05, 0.1) is 13.0 Å². The van der Waals surface area contributed by atoms with Crippen molar-refractivity contribution in [2.75, 3.05) is 26.3 Å². The summed E-state index contributed by atoms with van der Waals surface area (Å²) in [6.07, 6.45) is 1.30. The summed E-state index contributed by atoms with van der Waals surface area (Å²) in [4.78, 5) is 13.8. The fourth-order valence-electron chi connectivity index (χ4n) is 2.33. The van der Waals surface area contributed by atoms with Crippen LogP contribution in [0.3, 0.4) is 0 Å². The topological polar surface area (TPSA) is 49.8 Å². The van der Waals surface area contributed by atoms with E-state index in [4.69, 9.17) is 9.84 Å². The molecule has 0 saturated carbocycles. The summed E-state index contributed by atoms with van der Waals surface area (Å²) in [7, 11) is 0. The van der Waals surface area contributed by atoms with Crippen molar-refractivity contribution in [1.29, 1.82) is 0 Å². The van der Waals surface area contributed by atoms with Crippen LogP contribution in [0.5, 0.6) is 5.75 Å². The highest BCUT2D eigenvalue weighted by molar-refractivity contribution is 5.76. The second-order valence-electron chi connectivity index (χ2n) is 5.04. The number of aryl methyl sites for hydroxylation is 1. The molecule has 1 atom stereocenters. The normalized spacial score (nSPS) is 18.6. The van der Waals surface area contributed by atoms with Crippen molar-refractivity contribution in [3.63, 3.8) is 0 Å². The zero-order chi connectivity index (χ0) is 13.7. The SMILES string of the molecule is Cc1ccccc1OCCC(=O)N1CCC(CO)C1. The molecule has 4 nitrogen and oxygen atoms in total. The Morgan fingerprint density at radius 1 is 1.47 bits per heavy atom. The summed E-state index contributed by atoms with van der Waals surface area (Å²) in [5.74, 6) is 1.20. The van der Waals surface area contributed by atoms with Gasteiger partial charge in [-0.2, -0.15) is 0 Å². The number of aliphatic hydroxyl groups excluding tert-OH is 1. The van der Waals surface area contributed by atoms with E-state index >= 15 is 0 Å². The van der Waals surface area contributed by atoms with E-state index < -0.39 is 0 Å². The number of amides is 1. The smallest absolute Gasteiger partial charge is 0.226 e. The Morgan fingerprint density at radius 3 is 2.95 bits per heavy atom. The third-order valence-electron chi connectivity index (χ3n) is 3.56. The quantitative estimate of drug-likeness (QED) is 0.878. The Hall–Kier alpha value is -1.55. The molecular formula is C15H21NO3. The molecule has 104 valence electrons. The number of rotatable bonds is 5. The molecule has 1 aliphatic heterocycles. The van der Waals surface area contributed by atoms with Gasteiger partial charge < -0.3 is 14.7 Å². The molecule has 0 radical (unpaired) electrons. The molecule has 19 heavy (non-hydrogen) atoms. The maximum Gasteiger partial charge on any atom is 0.226 e. The van der Waals surface area contributed by atoms with Crippen molar-refractivity contribution >= 4 is 5.91 Å². The lowest BCUT2D eigenvalue weighted by molar-refractivity contribution is -0.130. The summed E-state index contributed by atoms with van der Waals surface area (Å²) >= 11 is 0. The average molecular weight is 263 g/mol. The lowest BCUT2D eigenvalue weighted by atomic mass is 10.1. The number of ether oxygens (including phenoxy) is 1. The summed E-state index contributed by atoms with van der Waals surface area (Å²) in [5.41, 5.74) is 1.08. The molecule has 2 rings (SSSR count). The Balaban J connectivity index is 1.74. The van der Waals surface area contributed by atoms with E-state index in [0.29, 0.717) is 19.6 Å². The highest BCUT2D eigenvalue weighted by Gasteiger charge is 2.25. The van der Waals surface area contributed by atoms with Crippen LogP contribution < -0.4 is 4.74 Å². The molecule has 1 amide bonds. The third kappa shape index (κ3) is 3.70. The lowest BCUT2D eigenvalue weighted by Crippen LogP contribution is -2.30. The molecule has 1 aliphatic rings. The first kappa shape index (κ1) is 13.9. The van der Waals surface area contributed by atoms with E-state index in [9.17, 15) is 4.79 Å². The molecule has 0 bridgehead atoms. The van der Waals surface area contributed by atoms with Crippen LogP contribution in [-0.4, -0.2) is 42.2 Å². The Labute approximate surface area is 114 Å². The highest BCUT2D eigenvalue weighted by Crippen LogP contribution is 2.18. The first-order chi connectivity index (χ1) is 9.20. The summed E-state index contributed by atoms with van der Waals surface area (Å²) in [6.45, 7) is 4.01. The van der Waals surface area contributed by atoms with E-state index in [0.717, 1.165) is 24.3 Å². The monoisotopic (exact) mass is 263 g/mol. The first-order valence-electron chi connectivity index (χ1n) is 6.77. The number of benzene rings is 1. The maximum absolute atomic E-state index is 11.9. The second kappa shape index (κ2) is 6.57. The molecular weight excluding hydrogens is 242 g/mol. The van der Waals surface area contributed by atoms with E-state index in [1.54, 1.807) is 0 Å². The van der Waals surface area contributed by atoms with Gasteiger partial charge in [-0.1, -0.05) is 18.2 Å². The molecule has 1 fully saturated rings. The van der Waals surface area contributed by atoms with E-state index in [2.05, 4.69) is 0 Å². The second-order valence-corrected chi connectivity index (χ2v) is 5.04. The van der Waals surface area contributed by atoms with Gasteiger partial charge >= 0.3 is 0 Å². The van der Waals surface area contributed by atoms with Crippen LogP contribution in [0, 0.1) is 12.8 Å². The minimum Gasteiger partial charge on any atom is -0.493 e. The molecule has 1 unspecified atom stereocenters. The van der Waals surface area contributed by atoms with E-state index in [1.165, 1.54) is 0 Å². The van der Waals surface area contributed by atoms with Gasteiger partial charge in [0.1, 0.15) is 5.75 Å². The third-order valence-corrected chi connectivity index (χ3v) is 3.56. The zero-order valence-corrected chi connectivity index (χ0v) is 11.3. The standard InChI is InChI=1S/C15H21NO3/c1-12-4-2-3-5-14(12)19-9-7-15(18)16-8-6-13(10-16)11-17/h2-5,13,17H,6-11H2,1H3. The molecule has 1 saturated heterocycles. The molecule has 1 aromatic rings. The van der Waals surface area contributed by atoms with Gasteiger partial charge in [-0.15, -0.1) is 0 Å². The molecule has 4 heteroatoms. The van der Waals surface area contributed by atoms with Crippen molar-refractivity contribution in [2.45, 2.75) is 19.8 Å². The van der Waals surface area contributed by atoms with Crippen LogP contribution in [0.25, 0.3) is 0 Å². The maximum atomic E-state index is 11.9. The minimum absolute atomic E-state index is 0.115. The lowest BCUT2D eigenvalue weighted by Gasteiger charge is -2.16. The Kier molecular flexibility index (Phi) is 4.80. The molecule has 0 aromatic heterocycles. The van der Waals surface area contributed by atoms with Crippen molar-refractivity contribution in [1.82, 2.24) is 4.90 Å². The van der Waals surface area contributed by atoms with Gasteiger partial charge in [0.25, 0.3) is 0 Å². The van der Waals surface area contributed by atoms with Crippen molar-refractivity contribution < 1.29 is 14.6 Å². The summed E-state index contributed by atoms with van der Waals surface area (Å²) < 4.78 is 5.62. The zero-order valence-electron chi connectivity index (χ0n) is 11.3. The molecule has 1 N–H and O–H groups in total. The summed E-state index contributed by atoms with van der Waals surface area (Å²) in [5, 5.41) is 9.06. The number of carbonyl (C=O) groups is 1. The van der Waals surface area contributed by atoms with Gasteiger partial charge in [0.2, 0.25) is 5.91 Å². The molecule has 1 aromatic carbocycles. The van der Waals surface area contributed by atoms with Gasteiger partial charge in [0, 0.05) is 25.6 Å². The fraction of sp³-hybridized carbons (Fsp3) is 0.533. The van der Waals surface area contributed by atoms with Crippen LogP contribution in [0.1, 0.15) is 18.4 Å². The van der Waals surface area contributed by atoms with Crippen LogP contribution in [0.4, 0.5) is 0 Å². The number of carbonyl (C=O) groups excluding carboxylic acids is 1. The summed E-state index contributed by atoms with van der Waals surface area (Å²) in [6, 6.07) is 7.80. The Morgan fingerprint density at radius 2 is 2.26 bits per heavy atom. The van der Waals surface area contributed by atoms with E-state index in [-0.39, 0.29) is 18.4 Å². The number of para-hydroxylation sites is 1. The molecule has 0 aliphatic carbocycles. The van der Waals surface area contributed by atoms with Gasteiger partial charge in [-0.05, 0) is 25.0 Å². The minimum atomic E-state index is 0.115. The van der Waals surface area contributed by atoms with E-state index in [1.807, 2.05) is 36.1 Å². The number of likely N-dealkylation sites (tertiary alicyclic amines) is 1.